The molecular formula is C18H36N4O4. The predicted molar refractivity (Wildman–Crippen MR) is 103 cm³/mol. The van der Waals surface area contributed by atoms with E-state index >= 15 is 0 Å². The standard InChI is InChI=1S/C18H36N4O4/c19-9-1-3-11-21-13-5-15-25-17(23)7-8-18(24)26-16-6-14-22-12-4-2-10-20/h7-8,21-22H,1-6,9-16,19-20H2/b8-7+. The van der Waals surface area contributed by atoms with Crippen molar-refractivity contribution in [1.29, 1.82) is 0 Å². The van der Waals surface area contributed by atoms with Crippen LogP contribution in [0.25, 0.3) is 0 Å². The third-order valence-corrected chi connectivity index (χ3v) is 3.46. The molecule has 0 radical (unpaired) electrons. The van der Waals surface area contributed by atoms with E-state index in [0.717, 1.165) is 76.9 Å². The Morgan fingerprint density at radius 2 is 1.04 bits per heavy atom. The maximum absolute atomic E-state index is 11.5. The molecule has 0 aromatic carbocycles. The van der Waals surface area contributed by atoms with Crippen molar-refractivity contribution in [3.05, 3.63) is 12.2 Å². The van der Waals surface area contributed by atoms with E-state index in [1.807, 2.05) is 0 Å². The average molecular weight is 373 g/mol. The van der Waals surface area contributed by atoms with Crippen molar-refractivity contribution in [2.75, 3.05) is 52.5 Å². The Balaban J connectivity index is 3.45. The van der Waals surface area contributed by atoms with Crippen molar-refractivity contribution in [3.8, 4) is 0 Å². The van der Waals surface area contributed by atoms with Gasteiger partial charge in [0.2, 0.25) is 0 Å². The second-order valence-corrected chi connectivity index (χ2v) is 5.87. The number of hydrogen-bond donors (Lipinski definition) is 4. The number of ether oxygens (including phenoxy) is 2. The molecule has 0 rings (SSSR count). The van der Waals surface area contributed by atoms with Crippen LogP contribution in [0.15, 0.2) is 12.2 Å². The normalized spacial score (nSPS) is 11.0. The Kier molecular flexibility index (Phi) is 18.7. The van der Waals surface area contributed by atoms with Gasteiger partial charge in [-0.1, -0.05) is 0 Å². The molecule has 0 aliphatic carbocycles. The number of carbonyl (C=O) groups is 2. The maximum atomic E-state index is 11.5. The number of esters is 2. The summed E-state index contributed by atoms with van der Waals surface area (Å²) in [6.07, 6.45) is 7.76. The topological polar surface area (TPSA) is 129 Å². The molecule has 6 N–H and O–H groups in total. The quantitative estimate of drug-likeness (QED) is 0.151. The van der Waals surface area contributed by atoms with Gasteiger partial charge >= 0.3 is 11.9 Å². The van der Waals surface area contributed by atoms with E-state index in [1.54, 1.807) is 0 Å². The number of nitrogens with two attached hydrogens (primary N) is 2. The fourth-order valence-electron chi connectivity index (χ4n) is 2.01. The molecule has 0 spiro atoms. The Bertz CT molecular complexity index is 344. The number of hydrogen-bond acceptors (Lipinski definition) is 8. The van der Waals surface area contributed by atoms with Gasteiger partial charge in [-0.2, -0.15) is 0 Å². The van der Waals surface area contributed by atoms with E-state index in [0.29, 0.717) is 26.3 Å². The van der Waals surface area contributed by atoms with Crippen LogP contribution in [0, 0.1) is 0 Å². The van der Waals surface area contributed by atoms with Crippen LogP contribution in [-0.4, -0.2) is 64.4 Å². The fourth-order valence-corrected chi connectivity index (χ4v) is 2.01. The first kappa shape index (κ1) is 24.5. The van der Waals surface area contributed by atoms with E-state index in [1.165, 1.54) is 0 Å². The van der Waals surface area contributed by atoms with E-state index in [2.05, 4.69) is 10.6 Å². The van der Waals surface area contributed by atoms with Crippen molar-refractivity contribution in [2.24, 2.45) is 11.5 Å². The SMILES string of the molecule is NCCCCNCCCOC(=O)/C=C/C(=O)OCCCNCCCCN. The molecule has 0 fully saturated rings. The van der Waals surface area contributed by atoms with Gasteiger partial charge in [0.25, 0.3) is 0 Å². The second kappa shape index (κ2) is 19.8. The van der Waals surface area contributed by atoms with Gasteiger partial charge in [-0.25, -0.2) is 9.59 Å². The lowest BCUT2D eigenvalue weighted by atomic mass is 10.3. The van der Waals surface area contributed by atoms with E-state index in [-0.39, 0.29) is 0 Å². The highest BCUT2D eigenvalue weighted by Gasteiger charge is 2.01. The summed E-state index contributed by atoms with van der Waals surface area (Å²) >= 11 is 0. The zero-order valence-electron chi connectivity index (χ0n) is 15.8. The van der Waals surface area contributed by atoms with Gasteiger partial charge in [0.15, 0.2) is 0 Å². The van der Waals surface area contributed by atoms with Crippen LogP contribution < -0.4 is 22.1 Å². The van der Waals surface area contributed by atoms with Crippen molar-refractivity contribution >= 4 is 11.9 Å². The van der Waals surface area contributed by atoms with Crippen LogP contribution in [0.1, 0.15) is 38.5 Å². The van der Waals surface area contributed by atoms with Crippen LogP contribution in [0.3, 0.4) is 0 Å². The number of nitrogens with one attached hydrogen (secondary N) is 2. The lowest BCUT2D eigenvalue weighted by Gasteiger charge is -2.05. The Hall–Kier alpha value is -1.48. The summed E-state index contributed by atoms with van der Waals surface area (Å²) in [5.41, 5.74) is 10.8. The molecular weight excluding hydrogens is 336 g/mol. The van der Waals surface area contributed by atoms with Gasteiger partial charge < -0.3 is 31.6 Å². The fraction of sp³-hybridized carbons (Fsp3) is 0.778. The summed E-state index contributed by atoms with van der Waals surface area (Å²) < 4.78 is 9.99. The van der Waals surface area contributed by atoms with E-state index < -0.39 is 11.9 Å². The summed E-state index contributed by atoms with van der Waals surface area (Å²) in [7, 11) is 0. The molecule has 152 valence electrons. The van der Waals surface area contributed by atoms with E-state index in [9.17, 15) is 9.59 Å². The van der Waals surface area contributed by atoms with Gasteiger partial charge in [0, 0.05) is 12.2 Å². The highest BCUT2D eigenvalue weighted by molar-refractivity contribution is 5.91. The summed E-state index contributed by atoms with van der Waals surface area (Å²) in [4.78, 5) is 22.9. The molecule has 0 aromatic rings. The van der Waals surface area contributed by atoms with Gasteiger partial charge in [-0.05, 0) is 77.8 Å². The Morgan fingerprint density at radius 3 is 1.42 bits per heavy atom. The van der Waals surface area contributed by atoms with Crippen molar-refractivity contribution in [2.45, 2.75) is 38.5 Å². The van der Waals surface area contributed by atoms with Gasteiger partial charge in [0.05, 0.1) is 13.2 Å². The predicted octanol–water partition coefficient (Wildman–Crippen LogP) is 0.0662. The number of rotatable bonds is 18. The lowest BCUT2D eigenvalue weighted by molar-refractivity contribution is -0.140. The van der Waals surface area contributed by atoms with Crippen LogP contribution in [-0.2, 0) is 19.1 Å². The molecule has 0 saturated heterocycles. The van der Waals surface area contributed by atoms with Crippen LogP contribution in [0.2, 0.25) is 0 Å². The van der Waals surface area contributed by atoms with Crippen molar-refractivity contribution in [1.82, 2.24) is 10.6 Å². The zero-order chi connectivity index (χ0) is 19.3. The lowest BCUT2D eigenvalue weighted by Crippen LogP contribution is -2.19. The average Bonchev–Trinajstić information content (AvgIpc) is 2.64. The summed E-state index contributed by atoms with van der Waals surface area (Å²) in [6.45, 7) is 5.45. The van der Waals surface area contributed by atoms with Crippen LogP contribution in [0.5, 0.6) is 0 Å². The van der Waals surface area contributed by atoms with Gasteiger partial charge in [-0.3, -0.25) is 0 Å². The minimum Gasteiger partial charge on any atom is -0.462 e. The van der Waals surface area contributed by atoms with Crippen LogP contribution >= 0.6 is 0 Å². The Labute approximate surface area is 157 Å². The highest BCUT2D eigenvalue weighted by Crippen LogP contribution is 1.90. The molecule has 0 aliphatic rings. The molecule has 8 heteroatoms. The van der Waals surface area contributed by atoms with Crippen molar-refractivity contribution < 1.29 is 19.1 Å². The van der Waals surface area contributed by atoms with Crippen molar-refractivity contribution in [3.63, 3.8) is 0 Å². The minimum atomic E-state index is -0.536. The summed E-state index contributed by atoms with van der Waals surface area (Å²) in [6, 6.07) is 0. The monoisotopic (exact) mass is 372 g/mol. The molecule has 0 unspecified atom stereocenters. The van der Waals surface area contributed by atoms with Crippen LogP contribution in [0.4, 0.5) is 0 Å². The smallest absolute Gasteiger partial charge is 0.331 e. The van der Waals surface area contributed by atoms with E-state index in [4.69, 9.17) is 20.9 Å². The first-order chi connectivity index (χ1) is 12.7. The molecule has 26 heavy (non-hydrogen) atoms. The summed E-state index contributed by atoms with van der Waals surface area (Å²) in [5, 5.41) is 6.48. The minimum absolute atomic E-state index is 0.317. The van der Waals surface area contributed by atoms with Gasteiger partial charge in [-0.15, -0.1) is 0 Å². The first-order valence-corrected chi connectivity index (χ1v) is 9.54. The third kappa shape index (κ3) is 18.9. The molecule has 0 aromatic heterocycles. The Morgan fingerprint density at radius 1 is 0.654 bits per heavy atom. The molecule has 0 aliphatic heterocycles. The highest BCUT2D eigenvalue weighted by atomic mass is 16.5. The molecule has 0 atom stereocenters. The maximum Gasteiger partial charge on any atom is 0.331 e. The summed E-state index contributed by atoms with van der Waals surface area (Å²) in [5.74, 6) is -1.07. The number of unbranched alkanes of at least 4 members (excludes halogenated alkanes) is 2. The van der Waals surface area contributed by atoms with Gasteiger partial charge in [0.1, 0.15) is 0 Å². The third-order valence-electron chi connectivity index (χ3n) is 3.46. The second-order valence-electron chi connectivity index (χ2n) is 5.87. The molecule has 0 amide bonds. The molecule has 0 bridgehead atoms. The molecule has 8 nitrogen and oxygen atoms in total. The zero-order valence-corrected chi connectivity index (χ0v) is 15.8. The molecule has 0 heterocycles. The largest absolute Gasteiger partial charge is 0.462 e. The number of carbonyl (C=O) groups excluding carboxylic acids is 2. The molecule has 0 saturated carbocycles. The first-order valence-electron chi connectivity index (χ1n) is 9.54.